The first-order valence-electron chi connectivity index (χ1n) is 9.92. The minimum Gasteiger partial charge on any atom is -0.496 e. The summed E-state index contributed by atoms with van der Waals surface area (Å²) in [6, 6.07) is 16.1. The highest BCUT2D eigenvalue weighted by Crippen LogP contribution is 2.42. The van der Waals surface area contributed by atoms with Crippen LogP contribution < -0.4 is 10.5 Å². The highest BCUT2D eigenvalue weighted by molar-refractivity contribution is 5.97. The zero-order valence-electron chi connectivity index (χ0n) is 16.6. The third kappa shape index (κ3) is 3.63. The SMILES string of the molecule is COc1cc2ccccc2cc1-c1[nH]c2c(C(F)(F)F)cccc2c1CCCCN. The van der Waals surface area contributed by atoms with Gasteiger partial charge in [0.2, 0.25) is 0 Å². The van der Waals surface area contributed by atoms with Gasteiger partial charge in [-0.1, -0.05) is 36.4 Å². The number of hydrogen-bond donors (Lipinski definition) is 2. The molecule has 4 rings (SSSR count). The van der Waals surface area contributed by atoms with Crippen molar-refractivity contribution in [3.8, 4) is 17.0 Å². The Bertz CT molecular complexity index is 1190. The lowest BCUT2D eigenvalue weighted by Crippen LogP contribution is -2.05. The highest BCUT2D eigenvalue weighted by Gasteiger charge is 2.34. The van der Waals surface area contributed by atoms with Gasteiger partial charge in [0.25, 0.3) is 0 Å². The number of rotatable bonds is 6. The van der Waals surface area contributed by atoms with Gasteiger partial charge in [-0.25, -0.2) is 0 Å². The number of ether oxygens (including phenoxy) is 1. The Hall–Kier alpha value is -2.99. The van der Waals surface area contributed by atoms with Gasteiger partial charge in [0.1, 0.15) is 5.75 Å². The van der Waals surface area contributed by atoms with Crippen LogP contribution in [0.3, 0.4) is 0 Å². The van der Waals surface area contributed by atoms with E-state index in [0.717, 1.165) is 40.8 Å². The van der Waals surface area contributed by atoms with Gasteiger partial charge in [-0.05, 0) is 60.3 Å². The van der Waals surface area contributed by atoms with E-state index in [2.05, 4.69) is 4.98 Å². The normalized spacial score (nSPS) is 12.0. The number of fused-ring (bicyclic) bond motifs is 2. The molecule has 3 nitrogen and oxygen atoms in total. The molecule has 30 heavy (non-hydrogen) atoms. The van der Waals surface area contributed by atoms with Crippen LogP contribution in [-0.2, 0) is 12.6 Å². The third-order valence-corrected chi connectivity index (χ3v) is 5.46. The van der Waals surface area contributed by atoms with E-state index in [1.807, 2.05) is 36.4 Å². The Morgan fingerprint density at radius 3 is 2.37 bits per heavy atom. The summed E-state index contributed by atoms with van der Waals surface area (Å²) in [5, 5.41) is 2.60. The van der Waals surface area contributed by atoms with E-state index in [0.29, 0.717) is 29.8 Å². The summed E-state index contributed by atoms with van der Waals surface area (Å²) >= 11 is 0. The Kier molecular flexibility index (Phi) is 5.43. The van der Waals surface area contributed by atoms with Gasteiger partial charge in [0.05, 0.1) is 23.9 Å². The number of halogens is 3. The molecule has 0 spiro atoms. The van der Waals surface area contributed by atoms with Crippen molar-refractivity contribution in [1.82, 2.24) is 4.98 Å². The first-order chi connectivity index (χ1) is 14.4. The Balaban J connectivity index is 2.00. The summed E-state index contributed by atoms with van der Waals surface area (Å²) in [6.07, 6.45) is -2.21. The minimum atomic E-state index is -4.44. The van der Waals surface area contributed by atoms with E-state index < -0.39 is 11.7 Å². The number of H-pyrrole nitrogens is 1. The fourth-order valence-electron chi connectivity index (χ4n) is 4.03. The maximum atomic E-state index is 13.7. The Morgan fingerprint density at radius 2 is 1.70 bits per heavy atom. The van der Waals surface area contributed by atoms with Crippen LogP contribution in [0.5, 0.6) is 5.75 Å². The van der Waals surface area contributed by atoms with Crippen molar-refractivity contribution in [3.63, 3.8) is 0 Å². The van der Waals surface area contributed by atoms with E-state index in [1.54, 1.807) is 13.2 Å². The van der Waals surface area contributed by atoms with Gasteiger partial charge in [0, 0.05) is 10.9 Å². The number of nitrogens with two attached hydrogens (primary N) is 1. The van der Waals surface area contributed by atoms with Gasteiger partial charge in [-0.3, -0.25) is 0 Å². The molecule has 0 aliphatic rings. The second kappa shape index (κ2) is 8.03. The van der Waals surface area contributed by atoms with Crippen LogP contribution in [0, 0.1) is 0 Å². The van der Waals surface area contributed by atoms with Crippen molar-refractivity contribution in [2.24, 2.45) is 5.73 Å². The van der Waals surface area contributed by atoms with Crippen LogP contribution >= 0.6 is 0 Å². The molecule has 156 valence electrons. The average molecular weight is 412 g/mol. The highest BCUT2D eigenvalue weighted by atomic mass is 19.4. The maximum Gasteiger partial charge on any atom is 0.418 e. The maximum absolute atomic E-state index is 13.7. The lowest BCUT2D eigenvalue weighted by molar-refractivity contribution is -0.136. The Morgan fingerprint density at radius 1 is 0.967 bits per heavy atom. The van der Waals surface area contributed by atoms with Crippen molar-refractivity contribution in [1.29, 1.82) is 0 Å². The number of alkyl halides is 3. The van der Waals surface area contributed by atoms with Gasteiger partial charge < -0.3 is 15.5 Å². The molecule has 1 heterocycles. The number of hydrogen-bond acceptors (Lipinski definition) is 2. The lowest BCUT2D eigenvalue weighted by atomic mass is 9.97. The monoisotopic (exact) mass is 412 g/mol. The van der Waals surface area contributed by atoms with E-state index >= 15 is 0 Å². The molecule has 4 aromatic rings. The van der Waals surface area contributed by atoms with Crippen molar-refractivity contribution < 1.29 is 17.9 Å². The third-order valence-electron chi connectivity index (χ3n) is 5.46. The van der Waals surface area contributed by atoms with E-state index in [9.17, 15) is 13.2 Å². The number of nitrogens with one attached hydrogen (secondary N) is 1. The van der Waals surface area contributed by atoms with Crippen LogP contribution in [0.15, 0.2) is 54.6 Å². The molecule has 0 aliphatic heterocycles. The van der Waals surface area contributed by atoms with E-state index in [-0.39, 0.29) is 5.52 Å². The molecular formula is C24H23F3N2O. The summed E-state index contributed by atoms with van der Waals surface area (Å²) in [5.74, 6) is 0.619. The molecule has 0 saturated carbocycles. The van der Waals surface area contributed by atoms with Crippen molar-refractivity contribution in [3.05, 3.63) is 65.7 Å². The van der Waals surface area contributed by atoms with Gasteiger partial charge >= 0.3 is 6.18 Å². The molecule has 3 aromatic carbocycles. The topological polar surface area (TPSA) is 51.0 Å². The minimum absolute atomic E-state index is 0.109. The van der Waals surface area contributed by atoms with Crippen molar-refractivity contribution >= 4 is 21.7 Å². The van der Waals surface area contributed by atoms with Crippen LogP contribution in [0.25, 0.3) is 32.9 Å². The molecule has 0 saturated heterocycles. The fraction of sp³-hybridized carbons (Fsp3) is 0.250. The van der Waals surface area contributed by atoms with E-state index in [4.69, 9.17) is 10.5 Å². The number of aromatic nitrogens is 1. The molecule has 0 aliphatic carbocycles. The molecule has 0 fully saturated rings. The van der Waals surface area contributed by atoms with Crippen molar-refractivity contribution in [2.45, 2.75) is 25.4 Å². The Labute approximate surface area is 172 Å². The number of unbranched alkanes of at least 4 members (excludes halogenated alkanes) is 1. The van der Waals surface area contributed by atoms with Gasteiger partial charge in [-0.2, -0.15) is 13.2 Å². The van der Waals surface area contributed by atoms with Crippen LogP contribution in [0.2, 0.25) is 0 Å². The summed E-state index contributed by atoms with van der Waals surface area (Å²) in [7, 11) is 1.57. The molecule has 6 heteroatoms. The molecule has 0 bridgehead atoms. The number of aryl methyl sites for hydroxylation is 1. The van der Waals surface area contributed by atoms with Gasteiger partial charge in [0.15, 0.2) is 0 Å². The summed E-state index contributed by atoms with van der Waals surface area (Å²) in [6.45, 7) is 0.546. The molecule has 0 radical (unpaired) electrons. The lowest BCUT2D eigenvalue weighted by Gasteiger charge is -2.12. The zero-order chi connectivity index (χ0) is 21.3. The molecule has 1 aromatic heterocycles. The number of aromatic amines is 1. The molecular weight excluding hydrogens is 389 g/mol. The van der Waals surface area contributed by atoms with Crippen LogP contribution in [0.1, 0.15) is 24.0 Å². The number of para-hydroxylation sites is 1. The van der Waals surface area contributed by atoms with Gasteiger partial charge in [-0.15, -0.1) is 0 Å². The predicted octanol–water partition coefficient (Wildman–Crippen LogP) is 6.30. The molecule has 3 N–H and O–H groups in total. The van der Waals surface area contributed by atoms with Crippen molar-refractivity contribution in [2.75, 3.05) is 13.7 Å². The second-order valence-corrected chi connectivity index (χ2v) is 7.35. The summed E-state index contributed by atoms with van der Waals surface area (Å²) < 4.78 is 46.6. The average Bonchev–Trinajstić information content (AvgIpc) is 3.10. The predicted molar refractivity (Wildman–Crippen MR) is 115 cm³/mol. The fourth-order valence-corrected chi connectivity index (χ4v) is 4.03. The quantitative estimate of drug-likeness (QED) is 0.365. The first-order valence-corrected chi connectivity index (χ1v) is 9.92. The number of methoxy groups -OCH3 is 1. The molecule has 0 amide bonds. The largest absolute Gasteiger partial charge is 0.496 e. The molecule has 0 unspecified atom stereocenters. The van der Waals surface area contributed by atoms with Crippen LogP contribution in [0.4, 0.5) is 13.2 Å². The zero-order valence-corrected chi connectivity index (χ0v) is 16.6. The first kappa shape index (κ1) is 20.3. The smallest absolute Gasteiger partial charge is 0.418 e. The number of benzene rings is 3. The van der Waals surface area contributed by atoms with Crippen LogP contribution in [-0.4, -0.2) is 18.6 Å². The second-order valence-electron chi connectivity index (χ2n) is 7.35. The standard InChI is InChI=1S/C24H23F3N2O/c1-30-21-14-16-8-3-2-7-15(16)13-19(21)22-17(9-4-5-12-28)18-10-6-11-20(23(18)29-22)24(25,26)27/h2-3,6-8,10-11,13-14,29H,4-5,9,12,28H2,1H3. The summed E-state index contributed by atoms with van der Waals surface area (Å²) in [5.41, 5.74) is 7.37. The summed E-state index contributed by atoms with van der Waals surface area (Å²) in [4.78, 5) is 3.09. The van der Waals surface area contributed by atoms with E-state index in [1.165, 1.54) is 6.07 Å². The molecule has 0 atom stereocenters.